The molecule has 0 saturated carbocycles. The van der Waals surface area contributed by atoms with E-state index in [9.17, 15) is 4.79 Å². The van der Waals surface area contributed by atoms with Crippen molar-refractivity contribution in [1.82, 2.24) is 0 Å². The van der Waals surface area contributed by atoms with Crippen LogP contribution in [0.4, 0.5) is 0 Å². The summed E-state index contributed by atoms with van der Waals surface area (Å²) in [5, 5.41) is 0. The number of ether oxygens (including phenoxy) is 4. The van der Waals surface area contributed by atoms with E-state index in [1.165, 1.54) is 14.2 Å². The molecular formula is C19H21BrO5. The van der Waals surface area contributed by atoms with E-state index in [1.807, 2.05) is 43.3 Å². The Morgan fingerprint density at radius 3 is 2.52 bits per heavy atom. The molecule has 0 aliphatic heterocycles. The SMILES string of the molecule is COCOc1c(Br)cccc1[C@H](C(=O)OC)c1cc(C)ccc1OC. The van der Waals surface area contributed by atoms with E-state index in [2.05, 4.69) is 15.9 Å². The molecule has 134 valence electrons. The van der Waals surface area contributed by atoms with E-state index in [4.69, 9.17) is 18.9 Å². The summed E-state index contributed by atoms with van der Waals surface area (Å²) in [5.74, 6) is 0.0513. The van der Waals surface area contributed by atoms with Gasteiger partial charge in [0.2, 0.25) is 0 Å². The zero-order chi connectivity index (χ0) is 18.4. The second-order valence-electron chi connectivity index (χ2n) is 5.41. The fourth-order valence-corrected chi connectivity index (χ4v) is 3.14. The molecule has 0 heterocycles. The molecule has 25 heavy (non-hydrogen) atoms. The summed E-state index contributed by atoms with van der Waals surface area (Å²) < 4.78 is 22.0. The van der Waals surface area contributed by atoms with Gasteiger partial charge < -0.3 is 18.9 Å². The zero-order valence-corrected chi connectivity index (χ0v) is 16.3. The van der Waals surface area contributed by atoms with Gasteiger partial charge in [0.15, 0.2) is 6.79 Å². The molecule has 0 N–H and O–H groups in total. The van der Waals surface area contributed by atoms with Crippen LogP contribution in [-0.2, 0) is 14.3 Å². The molecule has 5 nitrogen and oxygen atoms in total. The molecule has 6 heteroatoms. The van der Waals surface area contributed by atoms with Gasteiger partial charge >= 0.3 is 5.97 Å². The number of para-hydroxylation sites is 1. The molecular weight excluding hydrogens is 388 g/mol. The van der Waals surface area contributed by atoms with Crippen molar-refractivity contribution in [3.63, 3.8) is 0 Å². The Bertz CT molecular complexity index is 745. The Balaban J connectivity index is 2.66. The van der Waals surface area contributed by atoms with Crippen molar-refractivity contribution >= 4 is 21.9 Å². The first kappa shape index (κ1) is 19.3. The second kappa shape index (κ2) is 8.87. The van der Waals surface area contributed by atoms with Crippen LogP contribution in [0.25, 0.3) is 0 Å². The van der Waals surface area contributed by atoms with E-state index in [1.54, 1.807) is 7.11 Å². The van der Waals surface area contributed by atoms with Crippen LogP contribution >= 0.6 is 15.9 Å². The molecule has 0 radical (unpaired) electrons. The highest BCUT2D eigenvalue weighted by Gasteiger charge is 2.30. The maximum absolute atomic E-state index is 12.6. The molecule has 0 aliphatic carbocycles. The van der Waals surface area contributed by atoms with Crippen molar-refractivity contribution in [2.24, 2.45) is 0 Å². The molecule has 2 aromatic rings. The fraction of sp³-hybridized carbons (Fsp3) is 0.316. The van der Waals surface area contributed by atoms with Crippen LogP contribution in [0.3, 0.4) is 0 Å². The maximum atomic E-state index is 12.6. The summed E-state index contributed by atoms with van der Waals surface area (Å²) in [7, 11) is 4.48. The normalized spacial score (nSPS) is 11.7. The first-order valence-electron chi connectivity index (χ1n) is 7.66. The van der Waals surface area contributed by atoms with Gasteiger partial charge in [-0.1, -0.05) is 29.8 Å². The third-order valence-corrected chi connectivity index (χ3v) is 4.39. The van der Waals surface area contributed by atoms with Crippen LogP contribution in [0.5, 0.6) is 11.5 Å². The standard InChI is InChI=1S/C19H21BrO5/c1-12-8-9-16(23-3)14(10-12)17(19(21)24-4)13-6-5-7-15(20)18(13)25-11-22-2/h5-10,17H,11H2,1-4H3/t17-/m0/s1. The van der Waals surface area contributed by atoms with Gasteiger partial charge in [0.25, 0.3) is 0 Å². The minimum absolute atomic E-state index is 0.0639. The number of hydrogen-bond acceptors (Lipinski definition) is 5. The van der Waals surface area contributed by atoms with Gasteiger partial charge in [-0.15, -0.1) is 0 Å². The number of methoxy groups -OCH3 is 3. The molecule has 0 amide bonds. The Kier molecular flexibility index (Phi) is 6.84. The van der Waals surface area contributed by atoms with E-state index in [0.29, 0.717) is 17.1 Å². The summed E-state index contributed by atoms with van der Waals surface area (Å²) in [6.07, 6.45) is 0. The molecule has 2 aromatic carbocycles. The van der Waals surface area contributed by atoms with Crippen LogP contribution < -0.4 is 9.47 Å². The number of carbonyl (C=O) groups is 1. The lowest BCUT2D eigenvalue weighted by atomic mass is 9.89. The third-order valence-electron chi connectivity index (χ3n) is 3.76. The predicted octanol–water partition coefficient (Wildman–Crippen LogP) is 4.05. The van der Waals surface area contributed by atoms with E-state index in [0.717, 1.165) is 15.6 Å². The van der Waals surface area contributed by atoms with Crippen LogP contribution in [0, 0.1) is 6.92 Å². The summed E-state index contributed by atoms with van der Waals surface area (Å²) >= 11 is 3.48. The number of carbonyl (C=O) groups excluding carboxylic acids is 1. The molecule has 0 aliphatic rings. The van der Waals surface area contributed by atoms with E-state index >= 15 is 0 Å². The highest BCUT2D eigenvalue weighted by molar-refractivity contribution is 9.10. The highest BCUT2D eigenvalue weighted by Crippen LogP contribution is 2.41. The smallest absolute Gasteiger partial charge is 0.317 e. The second-order valence-corrected chi connectivity index (χ2v) is 6.26. The lowest BCUT2D eigenvalue weighted by Crippen LogP contribution is -2.18. The van der Waals surface area contributed by atoms with Crippen molar-refractivity contribution in [1.29, 1.82) is 0 Å². The molecule has 0 fully saturated rings. The monoisotopic (exact) mass is 408 g/mol. The number of aryl methyl sites for hydroxylation is 1. The van der Waals surface area contributed by atoms with Crippen molar-refractivity contribution in [3.8, 4) is 11.5 Å². The lowest BCUT2D eigenvalue weighted by Gasteiger charge is -2.22. The average molecular weight is 409 g/mol. The average Bonchev–Trinajstić information content (AvgIpc) is 2.61. The van der Waals surface area contributed by atoms with Crippen molar-refractivity contribution in [3.05, 3.63) is 57.6 Å². The molecule has 1 atom stereocenters. The minimum atomic E-state index is -0.691. The minimum Gasteiger partial charge on any atom is -0.496 e. The van der Waals surface area contributed by atoms with Gasteiger partial charge in [-0.25, -0.2) is 0 Å². The van der Waals surface area contributed by atoms with Gasteiger partial charge in [-0.3, -0.25) is 4.79 Å². The summed E-state index contributed by atoms with van der Waals surface area (Å²) in [4.78, 5) is 12.6. The summed E-state index contributed by atoms with van der Waals surface area (Å²) in [6, 6.07) is 11.2. The van der Waals surface area contributed by atoms with E-state index < -0.39 is 11.9 Å². The largest absolute Gasteiger partial charge is 0.496 e. The quantitative estimate of drug-likeness (QED) is 0.510. The first-order valence-corrected chi connectivity index (χ1v) is 8.45. The predicted molar refractivity (Wildman–Crippen MR) is 98.2 cm³/mol. The molecule has 0 bridgehead atoms. The number of rotatable bonds is 7. The molecule has 0 saturated heterocycles. The Hall–Kier alpha value is -2.05. The van der Waals surface area contributed by atoms with Crippen molar-refractivity contribution < 1.29 is 23.7 Å². The Labute approximate surface area is 156 Å². The first-order chi connectivity index (χ1) is 12.0. The van der Waals surface area contributed by atoms with E-state index in [-0.39, 0.29) is 6.79 Å². The van der Waals surface area contributed by atoms with Gasteiger partial charge in [0, 0.05) is 18.2 Å². The number of benzene rings is 2. The zero-order valence-electron chi connectivity index (χ0n) is 14.7. The van der Waals surface area contributed by atoms with Crippen LogP contribution in [0.2, 0.25) is 0 Å². The van der Waals surface area contributed by atoms with Crippen LogP contribution in [-0.4, -0.2) is 34.1 Å². The van der Waals surface area contributed by atoms with Gasteiger partial charge in [0.05, 0.1) is 18.7 Å². The maximum Gasteiger partial charge on any atom is 0.317 e. The number of halogens is 1. The molecule has 0 spiro atoms. The Morgan fingerprint density at radius 2 is 1.88 bits per heavy atom. The Morgan fingerprint density at radius 1 is 1.12 bits per heavy atom. The molecule has 0 unspecified atom stereocenters. The highest BCUT2D eigenvalue weighted by atomic mass is 79.9. The topological polar surface area (TPSA) is 54.0 Å². The molecule has 2 rings (SSSR count). The number of hydrogen-bond donors (Lipinski definition) is 0. The van der Waals surface area contributed by atoms with Crippen molar-refractivity contribution in [2.45, 2.75) is 12.8 Å². The lowest BCUT2D eigenvalue weighted by molar-refractivity contribution is -0.141. The van der Waals surface area contributed by atoms with Crippen LogP contribution in [0.15, 0.2) is 40.9 Å². The van der Waals surface area contributed by atoms with Crippen LogP contribution in [0.1, 0.15) is 22.6 Å². The number of esters is 1. The third kappa shape index (κ3) is 4.32. The summed E-state index contributed by atoms with van der Waals surface area (Å²) in [5.41, 5.74) is 2.40. The fourth-order valence-electron chi connectivity index (χ4n) is 2.64. The molecule has 0 aromatic heterocycles. The van der Waals surface area contributed by atoms with Gasteiger partial charge in [0.1, 0.15) is 17.4 Å². The van der Waals surface area contributed by atoms with Gasteiger partial charge in [-0.05, 0) is 35.0 Å². The van der Waals surface area contributed by atoms with Gasteiger partial charge in [-0.2, -0.15) is 0 Å². The van der Waals surface area contributed by atoms with Crippen molar-refractivity contribution in [2.75, 3.05) is 28.1 Å². The summed E-state index contributed by atoms with van der Waals surface area (Å²) in [6.45, 7) is 2.02.